The molecule has 0 spiro atoms. The van der Waals surface area contributed by atoms with Crippen LogP contribution in [0.1, 0.15) is 50.7 Å². The van der Waals surface area contributed by atoms with Gasteiger partial charge in [-0.1, -0.05) is 26.3 Å². The highest BCUT2D eigenvalue weighted by Gasteiger charge is 2.25. The van der Waals surface area contributed by atoms with Crippen LogP contribution in [0.5, 0.6) is 0 Å². The molecule has 1 aromatic rings. The van der Waals surface area contributed by atoms with E-state index in [0.717, 1.165) is 11.1 Å². The van der Waals surface area contributed by atoms with Crippen molar-refractivity contribution in [3.63, 3.8) is 0 Å². The summed E-state index contributed by atoms with van der Waals surface area (Å²) in [4.78, 5) is 61.3. The number of imide groups is 1. The Labute approximate surface area is 205 Å². The van der Waals surface area contributed by atoms with Gasteiger partial charge in [-0.2, -0.15) is 0 Å². The van der Waals surface area contributed by atoms with Crippen molar-refractivity contribution in [1.82, 2.24) is 15.5 Å². The summed E-state index contributed by atoms with van der Waals surface area (Å²) in [6, 6.07) is 4.34. The van der Waals surface area contributed by atoms with E-state index in [1.807, 2.05) is 6.92 Å². The first-order valence-electron chi connectivity index (χ1n) is 11.7. The van der Waals surface area contributed by atoms with Crippen LogP contribution in [0.15, 0.2) is 30.4 Å². The Balaban J connectivity index is 1.72. The molecule has 1 aliphatic heterocycles. The Hall–Kier alpha value is -3.53. The van der Waals surface area contributed by atoms with E-state index in [2.05, 4.69) is 16.0 Å². The fourth-order valence-electron chi connectivity index (χ4n) is 3.60. The van der Waals surface area contributed by atoms with Crippen LogP contribution in [0.3, 0.4) is 0 Å². The number of aliphatic hydroxyl groups excluding tert-OH is 1. The molecule has 1 aromatic carbocycles. The van der Waals surface area contributed by atoms with E-state index >= 15 is 0 Å². The Kier molecular flexibility index (Phi) is 10.6. The summed E-state index contributed by atoms with van der Waals surface area (Å²) in [5, 5.41) is 17.2. The third kappa shape index (κ3) is 8.64. The topological polar surface area (TPSA) is 145 Å². The minimum Gasteiger partial charge on any atom is -0.392 e. The number of benzene rings is 1. The van der Waals surface area contributed by atoms with Gasteiger partial charge < -0.3 is 21.1 Å². The smallest absolute Gasteiger partial charge is 0.253 e. The zero-order valence-corrected chi connectivity index (χ0v) is 20.4. The Morgan fingerprint density at radius 2 is 1.69 bits per heavy atom. The lowest BCUT2D eigenvalue weighted by atomic mass is 10.0. The SMILES string of the molecule is Cc1cc(NC(=O)CNC(=O)C(NC(=O)CCCCCN2C(=O)C=CC2=O)C(C)C)ccc1CO. The van der Waals surface area contributed by atoms with Crippen LogP contribution >= 0.6 is 0 Å². The van der Waals surface area contributed by atoms with Gasteiger partial charge in [-0.3, -0.25) is 28.9 Å². The molecule has 35 heavy (non-hydrogen) atoms. The van der Waals surface area contributed by atoms with Crippen LogP contribution in [0, 0.1) is 12.8 Å². The van der Waals surface area contributed by atoms with Crippen molar-refractivity contribution in [3.8, 4) is 0 Å². The lowest BCUT2D eigenvalue weighted by Crippen LogP contribution is -2.51. The summed E-state index contributed by atoms with van der Waals surface area (Å²) in [5.74, 6) is -1.96. The molecule has 190 valence electrons. The molecule has 0 bridgehead atoms. The molecule has 0 saturated carbocycles. The van der Waals surface area contributed by atoms with Gasteiger partial charge in [-0.25, -0.2) is 0 Å². The van der Waals surface area contributed by atoms with E-state index in [1.165, 1.54) is 17.1 Å². The molecule has 10 heteroatoms. The van der Waals surface area contributed by atoms with Crippen molar-refractivity contribution in [2.24, 2.45) is 5.92 Å². The summed E-state index contributed by atoms with van der Waals surface area (Å²) in [7, 11) is 0. The van der Waals surface area contributed by atoms with Gasteiger partial charge in [0.25, 0.3) is 11.8 Å². The van der Waals surface area contributed by atoms with E-state index in [4.69, 9.17) is 0 Å². The number of nitrogens with one attached hydrogen (secondary N) is 3. The van der Waals surface area contributed by atoms with E-state index < -0.39 is 17.9 Å². The van der Waals surface area contributed by atoms with Gasteiger partial charge in [0.15, 0.2) is 0 Å². The summed E-state index contributed by atoms with van der Waals surface area (Å²) < 4.78 is 0. The standard InChI is InChI=1S/C25H34N4O6/c1-16(2)24(28-20(31)7-5-4-6-12-29-22(33)10-11-23(29)34)25(35)26-14-21(32)27-19-9-8-18(15-30)17(3)13-19/h8-11,13,16,24,30H,4-7,12,14-15H2,1-3H3,(H,26,35)(H,27,32)(H,28,31). The van der Waals surface area contributed by atoms with E-state index in [9.17, 15) is 29.1 Å². The average molecular weight is 487 g/mol. The Bertz CT molecular complexity index is 970. The normalized spacial score (nSPS) is 13.8. The highest BCUT2D eigenvalue weighted by molar-refractivity contribution is 6.12. The van der Waals surface area contributed by atoms with Crippen LogP contribution < -0.4 is 16.0 Å². The van der Waals surface area contributed by atoms with Crippen LogP contribution in [0.2, 0.25) is 0 Å². The van der Waals surface area contributed by atoms with Gasteiger partial charge in [-0.05, 0) is 48.9 Å². The number of hydrogen-bond acceptors (Lipinski definition) is 6. The number of unbranched alkanes of at least 4 members (excludes halogenated alkanes) is 2. The second-order valence-corrected chi connectivity index (χ2v) is 8.83. The number of carbonyl (C=O) groups excluding carboxylic acids is 5. The molecule has 0 aromatic heterocycles. The van der Waals surface area contributed by atoms with Crippen LogP contribution in [0.4, 0.5) is 5.69 Å². The zero-order chi connectivity index (χ0) is 26.0. The van der Waals surface area contributed by atoms with Gasteiger partial charge in [0.05, 0.1) is 13.2 Å². The number of aliphatic hydroxyl groups is 1. The number of hydrogen-bond donors (Lipinski definition) is 4. The molecule has 1 unspecified atom stereocenters. The highest BCUT2D eigenvalue weighted by atomic mass is 16.3. The molecule has 1 atom stereocenters. The quantitative estimate of drug-likeness (QED) is 0.243. The zero-order valence-electron chi connectivity index (χ0n) is 20.4. The van der Waals surface area contributed by atoms with Gasteiger partial charge in [0.1, 0.15) is 6.04 Å². The lowest BCUT2D eigenvalue weighted by molar-refractivity contribution is -0.137. The number of carbonyl (C=O) groups is 5. The summed E-state index contributed by atoms with van der Waals surface area (Å²) >= 11 is 0. The number of nitrogens with zero attached hydrogens (tertiary/aromatic N) is 1. The molecular weight excluding hydrogens is 452 g/mol. The minimum atomic E-state index is -0.785. The van der Waals surface area contributed by atoms with E-state index in [0.29, 0.717) is 31.5 Å². The molecule has 0 radical (unpaired) electrons. The van der Waals surface area contributed by atoms with Crippen molar-refractivity contribution < 1.29 is 29.1 Å². The third-order valence-corrected chi connectivity index (χ3v) is 5.67. The molecule has 4 N–H and O–H groups in total. The van der Waals surface area contributed by atoms with Crippen LogP contribution in [0.25, 0.3) is 0 Å². The predicted molar refractivity (Wildman–Crippen MR) is 130 cm³/mol. The molecule has 0 fully saturated rings. The second-order valence-electron chi connectivity index (χ2n) is 8.83. The van der Waals surface area contributed by atoms with Crippen LogP contribution in [-0.4, -0.2) is 58.7 Å². The minimum absolute atomic E-state index is 0.0865. The molecule has 1 aliphatic rings. The first-order chi connectivity index (χ1) is 16.6. The maximum atomic E-state index is 12.6. The number of rotatable bonds is 13. The number of anilines is 1. The fraction of sp³-hybridized carbons (Fsp3) is 0.480. The number of amides is 5. The lowest BCUT2D eigenvalue weighted by Gasteiger charge is -2.21. The molecule has 0 aliphatic carbocycles. The van der Waals surface area contributed by atoms with E-state index in [-0.39, 0.29) is 43.2 Å². The van der Waals surface area contributed by atoms with Crippen molar-refractivity contribution >= 4 is 35.2 Å². The second kappa shape index (κ2) is 13.4. The molecule has 5 amide bonds. The largest absolute Gasteiger partial charge is 0.392 e. The van der Waals surface area contributed by atoms with Crippen molar-refractivity contribution in [3.05, 3.63) is 41.5 Å². The van der Waals surface area contributed by atoms with Crippen LogP contribution in [-0.2, 0) is 30.6 Å². The monoisotopic (exact) mass is 486 g/mol. The number of aryl methyl sites for hydroxylation is 1. The molecule has 10 nitrogen and oxygen atoms in total. The summed E-state index contributed by atoms with van der Waals surface area (Å²) in [6.07, 6.45) is 4.50. The van der Waals surface area contributed by atoms with Gasteiger partial charge in [0.2, 0.25) is 17.7 Å². The van der Waals surface area contributed by atoms with Gasteiger partial charge in [0, 0.05) is 30.8 Å². The predicted octanol–water partition coefficient (Wildman–Crippen LogP) is 1.17. The molecule has 0 saturated heterocycles. The third-order valence-electron chi connectivity index (χ3n) is 5.67. The fourth-order valence-corrected chi connectivity index (χ4v) is 3.60. The first-order valence-corrected chi connectivity index (χ1v) is 11.7. The van der Waals surface area contributed by atoms with Crippen molar-refractivity contribution in [2.75, 3.05) is 18.4 Å². The Morgan fingerprint density at radius 3 is 2.29 bits per heavy atom. The molecule has 2 rings (SSSR count). The summed E-state index contributed by atoms with van der Waals surface area (Å²) in [5.41, 5.74) is 2.16. The first kappa shape index (κ1) is 27.7. The average Bonchev–Trinajstić information content (AvgIpc) is 3.12. The van der Waals surface area contributed by atoms with Crippen molar-refractivity contribution in [1.29, 1.82) is 0 Å². The maximum absolute atomic E-state index is 12.6. The Morgan fingerprint density at radius 1 is 1.00 bits per heavy atom. The maximum Gasteiger partial charge on any atom is 0.253 e. The highest BCUT2D eigenvalue weighted by Crippen LogP contribution is 2.15. The van der Waals surface area contributed by atoms with Gasteiger partial charge >= 0.3 is 0 Å². The molecule has 1 heterocycles. The molecular formula is C25H34N4O6. The van der Waals surface area contributed by atoms with Crippen molar-refractivity contribution in [2.45, 2.75) is 59.1 Å². The van der Waals surface area contributed by atoms with E-state index in [1.54, 1.807) is 32.0 Å². The summed E-state index contributed by atoms with van der Waals surface area (Å²) in [6.45, 7) is 5.41. The van der Waals surface area contributed by atoms with Gasteiger partial charge in [-0.15, -0.1) is 0 Å².